The van der Waals surface area contributed by atoms with Crippen molar-refractivity contribution in [3.8, 4) is 16.9 Å². The molecule has 5 heteroatoms. The van der Waals surface area contributed by atoms with Gasteiger partial charge in [0.1, 0.15) is 11.3 Å². The molecule has 0 spiro atoms. The van der Waals surface area contributed by atoms with Crippen LogP contribution < -0.4 is 4.74 Å². The van der Waals surface area contributed by atoms with Crippen molar-refractivity contribution in [1.29, 1.82) is 0 Å². The summed E-state index contributed by atoms with van der Waals surface area (Å²) in [6.07, 6.45) is 0.335. The second-order valence-electron chi connectivity index (χ2n) is 4.84. The maximum absolute atomic E-state index is 11.6. The molecule has 0 aliphatic rings. The first-order valence-electron chi connectivity index (χ1n) is 6.80. The molecule has 0 fully saturated rings. The second-order valence-corrected chi connectivity index (χ2v) is 4.84. The number of rotatable bonds is 3. The number of hydrogen-bond donors (Lipinski definition) is 1. The average Bonchev–Trinajstić information content (AvgIpc) is 2.97. The van der Waals surface area contributed by atoms with Gasteiger partial charge in [-0.3, -0.25) is 9.89 Å². The maximum Gasteiger partial charge on any atom is 0.310 e. The Morgan fingerprint density at radius 3 is 2.90 bits per heavy atom. The molecule has 3 aromatic rings. The fourth-order valence-corrected chi connectivity index (χ4v) is 2.23. The summed E-state index contributed by atoms with van der Waals surface area (Å²) in [7, 11) is 0. The Balaban J connectivity index is 2.18. The molecule has 0 unspecified atom stereocenters. The number of benzene rings is 2. The summed E-state index contributed by atoms with van der Waals surface area (Å²) in [6, 6.07) is 11.5. The summed E-state index contributed by atoms with van der Waals surface area (Å²) in [6.45, 7) is 3.77. The molecule has 3 rings (SSSR count). The van der Waals surface area contributed by atoms with Crippen LogP contribution in [0.1, 0.15) is 18.9 Å². The molecule has 1 aromatic heterocycles. The Bertz CT molecular complexity index is 808. The van der Waals surface area contributed by atoms with Crippen molar-refractivity contribution in [2.45, 2.75) is 20.3 Å². The van der Waals surface area contributed by atoms with Gasteiger partial charge in [0, 0.05) is 17.5 Å². The lowest BCUT2D eigenvalue weighted by molar-refractivity contribution is -0.133. The first-order valence-corrected chi connectivity index (χ1v) is 6.80. The van der Waals surface area contributed by atoms with E-state index in [0.29, 0.717) is 12.2 Å². The monoisotopic (exact) mass is 281 g/mol. The van der Waals surface area contributed by atoms with Gasteiger partial charge in [-0.2, -0.15) is 0 Å². The lowest BCUT2D eigenvalue weighted by atomic mass is 10.0. The number of aromatic nitrogens is 3. The fraction of sp³-hybridized carbons (Fsp3) is 0.188. The summed E-state index contributed by atoms with van der Waals surface area (Å²) in [5, 5.41) is 10.8. The smallest absolute Gasteiger partial charge is 0.310 e. The van der Waals surface area contributed by atoms with E-state index in [1.54, 1.807) is 6.92 Å². The van der Waals surface area contributed by atoms with Crippen molar-refractivity contribution in [3.05, 3.63) is 42.0 Å². The van der Waals surface area contributed by atoms with Crippen molar-refractivity contribution >= 4 is 17.0 Å². The predicted molar refractivity (Wildman–Crippen MR) is 80.0 cm³/mol. The molecule has 0 amide bonds. The van der Waals surface area contributed by atoms with Gasteiger partial charge in [0.25, 0.3) is 0 Å². The van der Waals surface area contributed by atoms with Crippen LogP contribution in [0.15, 0.2) is 36.4 Å². The van der Waals surface area contributed by atoms with Gasteiger partial charge in [-0.1, -0.05) is 35.9 Å². The van der Waals surface area contributed by atoms with Crippen molar-refractivity contribution in [1.82, 2.24) is 15.4 Å². The zero-order chi connectivity index (χ0) is 14.8. The highest BCUT2D eigenvalue weighted by molar-refractivity contribution is 5.93. The van der Waals surface area contributed by atoms with E-state index in [0.717, 1.165) is 27.7 Å². The second kappa shape index (κ2) is 5.36. The summed E-state index contributed by atoms with van der Waals surface area (Å²) >= 11 is 0. The normalized spacial score (nSPS) is 10.8. The first kappa shape index (κ1) is 13.3. The maximum atomic E-state index is 11.6. The van der Waals surface area contributed by atoms with Crippen LogP contribution in [0.5, 0.6) is 5.75 Å². The third-order valence-corrected chi connectivity index (χ3v) is 3.29. The SMILES string of the molecule is CCC(=O)Oc1ccc(C)cc1-c1cccc2[nH]nnc12. The van der Waals surface area contributed by atoms with E-state index in [1.165, 1.54) is 0 Å². The highest BCUT2D eigenvalue weighted by Crippen LogP contribution is 2.34. The van der Waals surface area contributed by atoms with Crippen molar-refractivity contribution in [3.63, 3.8) is 0 Å². The molecule has 0 saturated carbocycles. The number of ether oxygens (including phenoxy) is 1. The van der Waals surface area contributed by atoms with Gasteiger partial charge in [-0.15, -0.1) is 5.10 Å². The lowest BCUT2D eigenvalue weighted by Crippen LogP contribution is -2.06. The Labute approximate surface area is 121 Å². The third kappa shape index (κ3) is 2.50. The Hall–Kier alpha value is -2.69. The summed E-state index contributed by atoms with van der Waals surface area (Å²) in [4.78, 5) is 11.6. The van der Waals surface area contributed by atoms with Crippen LogP contribution in [-0.4, -0.2) is 21.4 Å². The van der Waals surface area contributed by atoms with Crippen LogP contribution in [-0.2, 0) is 4.79 Å². The number of H-pyrrole nitrogens is 1. The molecule has 0 bridgehead atoms. The highest BCUT2D eigenvalue weighted by atomic mass is 16.5. The topological polar surface area (TPSA) is 67.9 Å². The van der Waals surface area contributed by atoms with Gasteiger partial charge in [-0.05, 0) is 25.1 Å². The Morgan fingerprint density at radius 1 is 1.24 bits per heavy atom. The molecular formula is C16H15N3O2. The molecule has 5 nitrogen and oxygen atoms in total. The molecule has 0 aliphatic heterocycles. The quantitative estimate of drug-likeness (QED) is 0.591. The minimum atomic E-state index is -0.257. The van der Waals surface area contributed by atoms with E-state index >= 15 is 0 Å². The number of esters is 1. The number of carbonyl (C=O) groups is 1. The summed E-state index contributed by atoms with van der Waals surface area (Å²) in [5.74, 6) is 0.287. The highest BCUT2D eigenvalue weighted by Gasteiger charge is 2.14. The standard InChI is InChI=1S/C16H15N3O2/c1-3-15(20)21-14-8-7-10(2)9-12(14)11-5-4-6-13-16(11)18-19-17-13/h4-9H,3H2,1-2H3,(H,17,18,19). The zero-order valence-corrected chi connectivity index (χ0v) is 11.9. The van der Waals surface area contributed by atoms with Gasteiger partial charge in [0.05, 0.1) is 5.52 Å². The Morgan fingerprint density at radius 2 is 2.10 bits per heavy atom. The molecule has 2 aromatic carbocycles. The van der Waals surface area contributed by atoms with Gasteiger partial charge >= 0.3 is 5.97 Å². The molecule has 1 heterocycles. The molecule has 21 heavy (non-hydrogen) atoms. The number of nitrogens with zero attached hydrogens (tertiary/aromatic N) is 2. The van der Waals surface area contributed by atoms with Crippen LogP contribution in [0.2, 0.25) is 0 Å². The number of nitrogens with one attached hydrogen (secondary N) is 1. The van der Waals surface area contributed by atoms with E-state index in [1.807, 2.05) is 43.3 Å². The average molecular weight is 281 g/mol. The predicted octanol–water partition coefficient (Wildman–Crippen LogP) is 3.25. The number of hydrogen-bond acceptors (Lipinski definition) is 4. The number of aromatic amines is 1. The number of aryl methyl sites for hydroxylation is 1. The van der Waals surface area contributed by atoms with Crippen molar-refractivity contribution in [2.75, 3.05) is 0 Å². The number of carbonyl (C=O) groups excluding carboxylic acids is 1. The van der Waals surface area contributed by atoms with E-state index in [4.69, 9.17) is 4.74 Å². The van der Waals surface area contributed by atoms with Crippen LogP contribution in [0.4, 0.5) is 0 Å². The summed E-state index contributed by atoms with van der Waals surface area (Å²) < 4.78 is 5.43. The Kier molecular flexibility index (Phi) is 3.39. The third-order valence-electron chi connectivity index (χ3n) is 3.29. The van der Waals surface area contributed by atoms with Crippen molar-refractivity contribution < 1.29 is 9.53 Å². The zero-order valence-electron chi connectivity index (χ0n) is 11.9. The van der Waals surface area contributed by atoms with Gasteiger partial charge in [0.15, 0.2) is 0 Å². The largest absolute Gasteiger partial charge is 0.426 e. The minimum Gasteiger partial charge on any atom is -0.426 e. The van der Waals surface area contributed by atoms with Crippen LogP contribution in [0.3, 0.4) is 0 Å². The lowest BCUT2D eigenvalue weighted by Gasteiger charge is -2.11. The van der Waals surface area contributed by atoms with E-state index < -0.39 is 0 Å². The van der Waals surface area contributed by atoms with Crippen molar-refractivity contribution in [2.24, 2.45) is 0 Å². The molecule has 0 aliphatic carbocycles. The van der Waals surface area contributed by atoms with Crippen LogP contribution in [0, 0.1) is 6.92 Å². The molecule has 1 N–H and O–H groups in total. The summed E-state index contributed by atoms with van der Waals surface area (Å²) in [5.41, 5.74) is 4.43. The van der Waals surface area contributed by atoms with Crippen LogP contribution in [0.25, 0.3) is 22.2 Å². The molecule has 0 radical (unpaired) electrons. The molecule has 106 valence electrons. The van der Waals surface area contributed by atoms with Gasteiger partial charge < -0.3 is 4.74 Å². The number of fused-ring (bicyclic) bond motifs is 1. The molecular weight excluding hydrogens is 266 g/mol. The minimum absolute atomic E-state index is 0.257. The van der Waals surface area contributed by atoms with Crippen LogP contribution >= 0.6 is 0 Å². The van der Waals surface area contributed by atoms with Gasteiger partial charge in [-0.25, -0.2) is 0 Å². The first-order chi connectivity index (χ1) is 10.2. The van der Waals surface area contributed by atoms with E-state index in [2.05, 4.69) is 15.4 Å². The van der Waals surface area contributed by atoms with E-state index in [9.17, 15) is 4.79 Å². The molecule has 0 saturated heterocycles. The van der Waals surface area contributed by atoms with E-state index in [-0.39, 0.29) is 5.97 Å². The molecule has 0 atom stereocenters. The van der Waals surface area contributed by atoms with Gasteiger partial charge in [0.2, 0.25) is 0 Å². The fourth-order valence-electron chi connectivity index (χ4n) is 2.23.